The van der Waals surface area contributed by atoms with Gasteiger partial charge in [-0.15, -0.1) is 0 Å². The van der Waals surface area contributed by atoms with Crippen molar-refractivity contribution in [3.63, 3.8) is 0 Å². The minimum atomic E-state index is -0.422. The molecule has 0 aromatic carbocycles. The molecule has 12 heavy (non-hydrogen) atoms. The van der Waals surface area contributed by atoms with E-state index in [1.165, 1.54) is 6.92 Å². The van der Waals surface area contributed by atoms with Crippen molar-refractivity contribution in [2.24, 2.45) is 0 Å². The van der Waals surface area contributed by atoms with Crippen LogP contribution in [0, 0.1) is 0 Å². The number of hydrogen-bond donors (Lipinski definition) is 1. The molecular weight excluding hydrogens is 160 g/mol. The van der Waals surface area contributed by atoms with Crippen molar-refractivity contribution in [1.29, 1.82) is 0 Å². The maximum atomic E-state index is 10.5. The topological polar surface area (TPSA) is 55.8 Å². The Hall–Kier alpha value is -0.610. The van der Waals surface area contributed by atoms with E-state index in [1.54, 1.807) is 0 Å². The minimum absolute atomic E-state index is 0.146. The predicted molar refractivity (Wildman–Crippen MR) is 43.7 cm³/mol. The highest BCUT2D eigenvalue weighted by atomic mass is 16.6. The molecule has 1 unspecified atom stereocenters. The summed E-state index contributed by atoms with van der Waals surface area (Å²) in [6.45, 7) is 4.21. The fraction of sp³-hybridized carbons (Fsp3) is 0.875. The zero-order valence-corrected chi connectivity index (χ0v) is 7.58. The van der Waals surface area contributed by atoms with Crippen LogP contribution in [-0.2, 0) is 14.3 Å². The lowest BCUT2D eigenvalue weighted by molar-refractivity contribution is -0.149. The van der Waals surface area contributed by atoms with E-state index in [4.69, 9.17) is 14.6 Å². The Kier molecular flexibility index (Phi) is 6.70. The first kappa shape index (κ1) is 11.4. The summed E-state index contributed by atoms with van der Waals surface area (Å²) in [5.74, 6) is -0.370. The average Bonchev–Trinajstić information content (AvgIpc) is 2.02. The molecule has 0 aliphatic heterocycles. The van der Waals surface area contributed by atoms with Crippen LogP contribution in [-0.4, -0.2) is 37.0 Å². The Morgan fingerprint density at radius 3 is 2.67 bits per heavy atom. The molecule has 0 aliphatic rings. The van der Waals surface area contributed by atoms with E-state index in [-0.39, 0.29) is 12.6 Å². The number of hydrogen-bond acceptors (Lipinski definition) is 4. The molecule has 0 radical (unpaired) electrons. The molecule has 0 saturated carbocycles. The molecule has 0 fully saturated rings. The number of carbonyl (C=O) groups excluding carboxylic acids is 1. The van der Waals surface area contributed by atoms with Gasteiger partial charge in [-0.1, -0.05) is 0 Å². The second-order valence-electron chi connectivity index (χ2n) is 2.40. The second-order valence-corrected chi connectivity index (χ2v) is 2.40. The first-order chi connectivity index (χ1) is 5.70. The zero-order chi connectivity index (χ0) is 9.40. The van der Waals surface area contributed by atoms with Crippen molar-refractivity contribution in [2.45, 2.75) is 26.4 Å². The molecule has 0 saturated heterocycles. The van der Waals surface area contributed by atoms with Gasteiger partial charge < -0.3 is 14.6 Å². The molecule has 0 aliphatic carbocycles. The smallest absolute Gasteiger partial charge is 0.302 e. The van der Waals surface area contributed by atoms with E-state index in [9.17, 15) is 4.79 Å². The quantitative estimate of drug-likeness (QED) is 0.468. The van der Waals surface area contributed by atoms with E-state index in [0.717, 1.165) is 0 Å². The highest BCUT2D eigenvalue weighted by Crippen LogP contribution is 1.98. The zero-order valence-electron chi connectivity index (χ0n) is 7.58. The van der Waals surface area contributed by atoms with Gasteiger partial charge in [0.25, 0.3) is 0 Å². The fourth-order valence-corrected chi connectivity index (χ4v) is 0.781. The Morgan fingerprint density at radius 1 is 1.58 bits per heavy atom. The fourth-order valence-electron chi connectivity index (χ4n) is 0.781. The van der Waals surface area contributed by atoms with Crippen molar-refractivity contribution in [2.75, 3.05) is 19.8 Å². The maximum Gasteiger partial charge on any atom is 0.302 e. The predicted octanol–water partition coefficient (Wildman–Crippen LogP) is 0.337. The molecule has 1 atom stereocenters. The van der Waals surface area contributed by atoms with Gasteiger partial charge in [0, 0.05) is 20.0 Å². The summed E-state index contributed by atoms with van der Waals surface area (Å²) >= 11 is 0. The third kappa shape index (κ3) is 6.12. The van der Waals surface area contributed by atoms with Crippen molar-refractivity contribution in [1.82, 2.24) is 0 Å². The Morgan fingerprint density at radius 2 is 2.25 bits per heavy atom. The molecule has 0 spiro atoms. The molecule has 1 N–H and O–H groups in total. The Balaban J connectivity index is 3.46. The highest BCUT2D eigenvalue weighted by Gasteiger charge is 2.09. The van der Waals surface area contributed by atoms with Crippen LogP contribution in [0.3, 0.4) is 0 Å². The summed E-state index contributed by atoms with van der Waals surface area (Å²) in [6.07, 6.45) is 0.123. The summed E-state index contributed by atoms with van der Waals surface area (Å²) in [5.41, 5.74) is 0. The van der Waals surface area contributed by atoms with Crippen LogP contribution >= 0.6 is 0 Å². The Bertz CT molecular complexity index is 124. The summed E-state index contributed by atoms with van der Waals surface area (Å²) < 4.78 is 9.82. The van der Waals surface area contributed by atoms with E-state index in [0.29, 0.717) is 19.6 Å². The lowest BCUT2D eigenvalue weighted by Crippen LogP contribution is -2.22. The van der Waals surface area contributed by atoms with Crippen LogP contribution in [0.25, 0.3) is 0 Å². The number of ether oxygens (including phenoxy) is 2. The molecule has 4 heteroatoms. The van der Waals surface area contributed by atoms with Gasteiger partial charge in [-0.05, 0) is 6.92 Å². The van der Waals surface area contributed by atoms with Crippen molar-refractivity contribution >= 4 is 5.97 Å². The van der Waals surface area contributed by atoms with Crippen molar-refractivity contribution in [3.8, 4) is 0 Å². The van der Waals surface area contributed by atoms with Gasteiger partial charge in [-0.25, -0.2) is 0 Å². The molecule has 0 bridgehead atoms. The van der Waals surface area contributed by atoms with Crippen molar-refractivity contribution in [3.05, 3.63) is 0 Å². The van der Waals surface area contributed by atoms with Gasteiger partial charge in [0.15, 0.2) is 0 Å². The number of esters is 1. The number of aliphatic hydroxyl groups is 1. The molecule has 0 rings (SSSR count). The van der Waals surface area contributed by atoms with Gasteiger partial charge in [0.05, 0.1) is 13.2 Å². The Labute approximate surface area is 72.5 Å². The van der Waals surface area contributed by atoms with Gasteiger partial charge in [0.1, 0.15) is 6.10 Å². The molecule has 4 nitrogen and oxygen atoms in total. The molecular formula is C8H16O4. The summed E-state index contributed by atoms with van der Waals surface area (Å²) in [5, 5.41) is 8.74. The van der Waals surface area contributed by atoms with Crippen LogP contribution in [0.15, 0.2) is 0 Å². The van der Waals surface area contributed by atoms with E-state index in [1.807, 2.05) is 6.92 Å². The molecule has 0 heterocycles. The lowest BCUT2D eigenvalue weighted by atomic mass is 10.3. The van der Waals surface area contributed by atoms with Gasteiger partial charge >= 0.3 is 5.97 Å². The SMILES string of the molecule is CCOCCC(CO)OC(C)=O. The van der Waals surface area contributed by atoms with E-state index in [2.05, 4.69) is 0 Å². The first-order valence-electron chi connectivity index (χ1n) is 4.06. The van der Waals surface area contributed by atoms with Crippen LogP contribution in [0.2, 0.25) is 0 Å². The normalized spacial score (nSPS) is 12.6. The monoisotopic (exact) mass is 176 g/mol. The number of aliphatic hydroxyl groups excluding tert-OH is 1. The minimum Gasteiger partial charge on any atom is -0.460 e. The third-order valence-electron chi connectivity index (χ3n) is 1.32. The average molecular weight is 176 g/mol. The van der Waals surface area contributed by atoms with Gasteiger partial charge in [-0.3, -0.25) is 4.79 Å². The summed E-state index contributed by atoms with van der Waals surface area (Å²) in [7, 11) is 0. The van der Waals surface area contributed by atoms with Crippen LogP contribution in [0.4, 0.5) is 0 Å². The van der Waals surface area contributed by atoms with Crippen molar-refractivity contribution < 1.29 is 19.4 Å². The largest absolute Gasteiger partial charge is 0.460 e. The first-order valence-corrected chi connectivity index (χ1v) is 4.06. The van der Waals surface area contributed by atoms with Crippen LogP contribution < -0.4 is 0 Å². The number of carbonyl (C=O) groups is 1. The molecule has 0 aromatic heterocycles. The third-order valence-corrected chi connectivity index (χ3v) is 1.32. The summed E-state index contributed by atoms with van der Waals surface area (Å²) in [4.78, 5) is 10.5. The molecule has 0 amide bonds. The molecule has 72 valence electrons. The van der Waals surface area contributed by atoms with Crippen LogP contribution in [0.1, 0.15) is 20.3 Å². The highest BCUT2D eigenvalue weighted by molar-refractivity contribution is 5.66. The van der Waals surface area contributed by atoms with E-state index >= 15 is 0 Å². The second kappa shape index (κ2) is 7.06. The maximum absolute atomic E-state index is 10.5. The lowest BCUT2D eigenvalue weighted by Gasteiger charge is -2.13. The van der Waals surface area contributed by atoms with Gasteiger partial charge in [0.2, 0.25) is 0 Å². The standard InChI is InChI=1S/C8H16O4/c1-3-11-5-4-8(6-9)12-7(2)10/h8-9H,3-6H2,1-2H3. The summed E-state index contributed by atoms with van der Waals surface area (Å²) in [6, 6.07) is 0. The van der Waals surface area contributed by atoms with Gasteiger partial charge in [-0.2, -0.15) is 0 Å². The van der Waals surface area contributed by atoms with Crippen LogP contribution in [0.5, 0.6) is 0 Å². The molecule has 0 aromatic rings. The number of rotatable bonds is 6. The van der Waals surface area contributed by atoms with E-state index < -0.39 is 6.10 Å².